The van der Waals surface area contributed by atoms with E-state index in [9.17, 15) is 14.0 Å². The molecule has 3 rings (SSSR count). The summed E-state index contributed by atoms with van der Waals surface area (Å²) in [4.78, 5) is 28.0. The van der Waals surface area contributed by atoms with E-state index in [2.05, 4.69) is 10.3 Å². The Balaban J connectivity index is 1.77. The molecule has 1 aromatic heterocycles. The van der Waals surface area contributed by atoms with Gasteiger partial charge in [-0.05, 0) is 37.0 Å². The number of anilines is 1. The van der Waals surface area contributed by atoms with E-state index < -0.39 is 29.5 Å². The van der Waals surface area contributed by atoms with Gasteiger partial charge < -0.3 is 15.2 Å². The molecule has 2 atom stereocenters. The predicted octanol–water partition coefficient (Wildman–Crippen LogP) is 1.87. The van der Waals surface area contributed by atoms with Crippen LogP contribution in [-0.4, -0.2) is 33.3 Å². The average Bonchev–Trinajstić information content (AvgIpc) is 3.13. The fourth-order valence-electron chi connectivity index (χ4n) is 2.84. The molecule has 7 nitrogen and oxygen atoms in total. The minimum absolute atomic E-state index is 0.161. The second kappa shape index (κ2) is 7.76. The molecule has 8 heteroatoms. The number of ether oxygens (including phenoxy) is 1. The van der Waals surface area contributed by atoms with Gasteiger partial charge >= 0.3 is 5.69 Å². The van der Waals surface area contributed by atoms with Gasteiger partial charge in [-0.3, -0.25) is 9.36 Å². The van der Waals surface area contributed by atoms with E-state index in [1.54, 1.807) is 12.1 Å². The molecule has 2 aromatic rings. The number of aliphatic hydroxyl groups excluding tert-OH is 1. The first-order valence-corrected chi connectivity index (χ1v) is 8.47. The van der Waals surface area contributed by atoms with E-state index in [0.717, 1.165) is 22.7 Å². The van der Waals surface area contributed by atoms with E-state index in [4.69, 9.17) is 9.84 Å². The van der Waals surface area contributed by atoms with E-state index >= 15 is 0 Å². The lowest BCUT2D eigenvalue weighted by Gasteiger charge is -2.15. The summed E-state index contributed by atoms with van der Waals surface area (Å²) in [6.45, 7) is 1.84. The lowest BCUT2D eigenvalue weighted by Crippen LogP contribution is -2.30. The summed E-state index contributed by atoms with van der Waals surface area (Å²) in [5.41, 5.74) is 0.690. The smallest absolute Gasteiger partial charge is 0.351 e. The zero-order valence-corrected chi connectivity index (χ0v) is 14.3. The van der Waals surface area contributed by atoms with Gasteiger partial charge in [0.05, 0.1) is 18.9 Å². The van der Waals surface area contributed by atoms with Crippen LogP contribution >= 0.6 is 0 Å². The number of hydrogen-bond acceptors (Lipinski definition) is 5. The second-order valence-corrected chi connectivity index (χ2v) is 6.10. The van der Waals surface area contributed by atoms with Gasteiger partial charge in [-0.2, -0.15) is 4.98 Å². The molecule has 0 saturated carbocycles. The largest absolute Gasteiger partial charge is 0.394 e. The van der Waals surface area contributed by atoms with Gasteiger partial charge in [-0.25, -0.2) is 9.18 Å². The van der Waals surface area contributed by atoms with Crippen LogP contribution in [0.2, 0.25) is 0 Å². The zero-order valence-electron chi connectivity index (χ0n) is 14.3. The molecule has 0 bridgehead atoms. The molecule has 0 spiro atoms. The van der Waals surface area contributed by atoms with Crippen molar-refractivity contribution >= 4 is 11.7 Å². The molecular formula is C18H20FN3O4. The maximum atomic E-state index is 14.3. The number of aliphatic hydroxyl groups is 1. The lowest BCUT2D eigenvalue weighted by molar-refractivity contribution is -0.0249. The Labute approximate surface area is 149 Å². The topological polar surface area (TPSA) is 93.5 Å². The van der Waals surface area contributed by atoms with Crippen molar-refractivity contribution in [2.24, 2.45) is 0 Å². The monoisotopic (exact) mass is 361 g/mol. The number of aryl methyl sites for hydroxylation is 1. The Bertz CT molecular complexity index is 851. The van der Waals surface area contributed by atoms with Crippen molar-refractivity contribution in [3.8, 4) is 0 Å². The van der Waals surface area contributed by atoms with Crippen molar-refractivity contribution in [2.45, 2.75) is 38.5 Å². The number of carbonyl (C=O) groups is 1. The highest BCUT2D eigenvalue weighted by atomic mass is 19.1. The fourth-order valence-corrected chi connectivity index (χ4v) is 2.84. The van der Waals surface area contributed by atoms with Gasteiger partial charge in [-0.1, -0.05) is 19.1 Å². The molecule has 2 N–H and O–H groups in total. The van der Waals surface area contributed by atoms with Gasteiger partial charge in [0.2, 0.25) is 0 Å². The number of halogens is 1. The third-order valence-corrected chi connectivity index (χ3v) is 4.36. The molecule has 138 valence electrons. The summed E-state index contributed by atoms with van der Waals surface area (Å²) in [7, 11) is 0. The van der Waals surface area contributed by atoms with E-state index in [-0.39, 0.29) is 12.7 Å². The summed E-state index contributed by atoms with van der Waals surface area (Å²) in [5, 5.41) is 11.4. The Morgan fingerprint density at radius 2 is 2.12 bits per heavy atom. The maximum Gasteiger partial charge on any atom is 0.351 e. The van der Waals surface area contributed by atoms with E-state index in [1.807, 2.05) is 19.1 Å². The molecule has 1 fully saturated rings. The number of benzene rings is 1. The molecule has 1 aromatic carbocycles. The van der Waals surface area contributed by atoms with E-state index in [1.165, 1.54) is 0 Å². The Morgan fingerprint density at radius 3 is 2.73 bits per heavy atom. The van der Waals surface area contributed by atoms with Crippen molar-refractivity contribution < 1.29 is 19.0 Å². The number of carbonyl (C=O) groups excluding carboxylic acids is 1. The summed E-state index contributed by atoms with van der Waals surface area (Å²) in [5.74, 6) is -1.81. The number of nitrogens with zero attached hydrogens (tertiary/aromatic N) is 2. The van der Waals surface area contributed by atoms with E-state index in [0.29, 0.717) is 18.4 Å². The van der Waals surface area contributed by atoms with Crippen LogP contribution in [0.25, 0.3) is 0 Å². The highest BCUT2D eigenvalue weighted by molar-refractivity contribution is 6.03. The highest BCUT2D eigenvalue weighted by Gasteiger charge is 2.27. The van der Waals surface area contributed by atoms with Gasteiger partial charge in [-0.15, -0.1) is 0 Å². The Hall–Kier alpha value is -2.58. The summed E-state index contributed by atoms with van der Waals surface area (Å²) in [6.07, 6.45) is 1.81. The zero-order chi connectivity index (χ0) is 18.7. The summed E-state index contributed by atoms with van der Waals surface area (Å²) >= 11 is 0. The van der Waals surface area contributed by atoms with Crippen LogP contribution in [0.4, 0.5) is 10.2 Å². The molecule has 1 saturated heterocycles. The van der Waals surface area contributed by atoms with Crippen LogP contribution in [0.5, 0.6) is 0 Å². The molecule has 0 aliphatic carbocycles. The average molecular weight is 361 g/mol. The number of aromatic nitrogens is 2. The molecule has 2 heterocycles. The van der Waals surface area contributed by atoms with Gasteiger partial charge in [0.1, 0.15) is 6.23 Å². The SMILES string of the molecule is CCc1ccc(C(=O)Nc2nc(=O)n(C3CCC(CO)O3)cc2F)cc1. The quantitative estimate of drug-likeness (QED) is 0.848. The minimum atomic E-state index is -0.834. The normalized spacial score (nSPS) is 19.5. The number of rotatable bonds is 5. The molecule has 2 unspecified atom stereocenters. The van der Waals surface area contributed by atoms with Crippen molar-refractivity contribution in [1.82, 2.24) is 9.55 Å². The first kappa shape index (κ1) is 18.2. The van der Waals surface area contributed by atoms with Gasteiger partial charge in [0.15, 0.2) is 11.6 Å². The maximum absolute atomic E-state index is 14.3. The third kappa shape index (κ3) is 3.81. The van der Waals surface area contributed by atoms with Crippen LogP contribution in [0.3, 0.4) is 0 Å². The minimum Gasteiger partial charge on any atom is -0.394 e. The second-order valence-electron chi connectivity index (χ2n) is 6.10. The lowest BCUT2D eigenvalue weighted by atomic mass is 10.1. The molecule has 1 aliphatic heterocycles. The standard InChI is InChI=1S/C18H20FN3O4/c1-2-11-3-5-12(6-4-11)17(24)20-16-14(19)9-22(18(25)21-16)15-8-7-13(10-23)26-15/h3-6,9,13,15,23H,2,7-8,10H2,1H3,(H,20,21,24,25). The molecule has 26 heavy (non-hydrogen) atoms. The number of nitrogens with one attached hydrogen (secondary N) is 1. The third-order valence-electron chi connectivity index (χ3n) is 4.36. The Kier molecular flexibility index (Phi) is 5.43. The Morgan fingerprint density at radius 1 is 1.38 bits per heavy atom. The van der Waals surface area contributed by atoms with Crippen LogP contribution < -0.4 is 11.0 Å². The van der Waals surface area contributed by atoms with Crippen LogP contribution in [0.15, 0.2) is 35.3 Å². The molecule has 0 radical (unpaired) electrons. The molecule has 1 aliphatic rings. The van der Waals surface area contributed by atoms with Crippen LogP contribution in [0, 0.1) is 5.82 Å². The van der Waals surface area contributed by atoms with Gasteiger partial charge in [0.25, 0.3) is 5.91 Å². The first-order chi connectivity index (χ1) is 12.5. The van der Waals surface area contributed by atoms with Crippen molar-refractivity contribution in [1.29, 1.82) is 0 Å². The van der Waals surface area contributed by atoms with Crippen molar-refractivity contribution in [3.05, 3.63) is 57.9 Å². The van der Waals surface area contributed by atoms with Crippen LogP contribution in [0.1, 0.15) is 41.9 Å². The van der Waals surface area contributed by atoms with Gasteiger partial charge in [0, 0.05) is 5.56 Å². The van der Waals surface area contributed by atoms with Crippen LogP contribution in [-0.2, 0) is 11.2 Å². The predicted molar refractivity (Wildman–Crippen MR) is 92.5 cm³/mol. The van der Waals surface area contributed by atoms with Crippen molar-refractivity contribution in [2.75, 3.05) is 11.9 Å². The number of amides is 1. The highest BCUT2D eigenvalue weighted by Crippen LogP contribution is 2.27. The number of hydrogen-bond donors (Lipinski definition) is 2. The summed E-state index contributed by atoms with van der Waals surface area (Å²) < 4.78 is 20.8. The fraction of sp³-hybridized carbons (Fsp3) is 0.389. The van der Waals surface area contributed by atoms with Crippen molar-refractivity contribution in [3.63, 3.8) is 0 Å². The molecule has 1 amide bonds. The molecular weight excluding hydrogens is 341 g/mol. The summed E-state index contributed by atoms with van der Waals surface area (Å²) in [6, 6.07) is 6.89. The first-order valence-electron chi connectivity index (χ1n) is 8.47.